The van der Waals surface area contributed by atoms with Gasteiger partial charge in [0.25, 0.3) is 0 Å². The van der Waals surface area contributed by atoms with E-state index >= 15 is 4.39 Å². The second-order valence-electron chi connectivity index (χ2n) is 10.9. The summed E-state index contributed by atoms with van der Waals surface area (Å²) in [6.45, 7) is 1.31. The zero-order valence-corrected chi connectivity index (χ0v) is 25.9. The van der Waals surface area contributed by atoms with Crippen LogP contribution in [0.1, 0.15) is 12.8 Å². The van der Waals surface area contributed by atoms with E-state index in [-0.39, 0.29) is 29.6 Å². The van der Waals surface area contributed by atoms with Crippen LogP contribution in [0.4, 0.5) is 19.3 Å². The Hall–Kier alpha value is -5.76. The smallest absolute Gasteiger partial charge is 0.417 e. The van der Waals surface area contributed by atoms with Crippen molar-refractivity contribution >= 4 is 22.7 Å². The first-order valence-corrected chi connectivity index (χ1v) is 14.9. The van der Waals surface area contributed by atoms with Crippen LogP contribution in [0.3, 0.4) is 0 Å². The number of fused-ring (bicyclic) bond motifs is 1. The number of carbonyl (C=O) groups is 1. The lowest BCUT2D eigenvalue weighted by Gasteiger charge is -2.23. The van der Waals surface area contributed by atoms with Crippen LogP contribution in [0, 0.1) is 17.6 Å². The number of benzene rings is 3. The van der Waals surface area contributed by atoms with Crippen LogP contribution in [0.15, 0.2) is 82.6 Å². The minimum absolute atomic E-state index is 0.00484. The van der Waals surface area contributed by atoms with Gasteiger partial charge in [-0.05, 0) is 67.3 Å². The summed E-state index contributed by atoms with van der Waals surface area (Å²) in [5.41, 5.74) is -0.980. The van der Waals surface area contributed by atoms with E-state index in [1.54, 1.807) is 18.2 Å². The van der Waals surface area contributed by atoms with Crippen molar-refractivity contribution in [1.82, 2.24) is 14.1 Å². The molecule has 12 nitrogen and oxygen atoms in total. The maximum absolute atomic E-state index is 15.2. The Bertz CT molecular complexity index is 2090. The number of ether oxygens (including phenoxy) is 5. The number of carbonyl (C=O) groups excluding carboxylic acids is 1. The number of amides is 1. The SMILES string of the molecule is COc1cc2nccc(Oc3ccc(NC(=O)Oc4cn(CC5CCOCC5)c(=O)n(-c5ccc(F)cc5)c4=O)cc3F)c2cc1OC. The fourth-order valence-electron chi connectivity index (χ4n) is 5.36. The molecule has 1 N–H and O–H groups in total. The van der Waals surface area contributed by atoms with E-state index in [1.165, 1.54) is 55.4 Å². The lowest BCUT2D eigenvalue weighted by atomic mass is 10.0. The van der Waals surface area contributed by atoms with Gasteiger partial charge in [0.1, 0.15) is 11.6 Å². The summed E-state index contributed by atoms with van der Waals surface area (Å²) in [5, 5.41) is 2.94. The van der Waals surface area contributed by atoms with Crippen LogP contribution >= 0.6 is 0 Å². The predicted molar refractivity (Wildman–Crippen MR) is 171 cm³/mol. The molecule has 0 unspecified atom stereocenters. The van der Waals surface area contributed by atoms with Crippen molar-refractivity contribution in [1.29, 1.82) is 0 Å². The van der Waals surface area contributed by atoms with Crippen molar-refractivity contribution in [2.24, 2.45) is 5.92 Å². The fraction of sp³-hybridized carbons (Fsp3) is 0.235. The van der Waals surface area contributed by atoms with Gasteiger partial charge in [-0.1, -0.05) is 0 Å². The van der Waals surface area contributed by atoms with Gasteiger partial charge in [0.05, 0.1) is 31.6 Å². The lowest BCUT2D eigenvalue weighted by Crippen LogP contribution is -2.41. The van der Waals surface area contributed by atoms with Crippen LogP contribution in [0.2, 0.25) is 0 Å². The summed E-state index contributed by atoms with van der Waals surface area (Å²) >= 11 is 0. The zero-order valence-electron chi connectivity index (χ0n) is 25.9. The van der Waals surface area contributed by atoms with E-state index in [0.29, 0.717) is 54.2 Å². The fourth-order valence-corrected chi connectivity index (χ4v) is 5.36. The molecule has 3 aromatic carbocycles. The molecule has 5 aromatic rings. The van der Waals surface area contributed by atoms with Crippen LogP contribution in [0.5, 0.6) is 28.7 Å². The number of aromatic nitrogens is 3. The number of anilines is 1. The Labute approximate surface area is 272 Å². The van der Waals surface area contributed by atoms with Gasteiger partial charge < -0.3 is 23.7 Å². The predicted octanol–water partition coefficient (Wildman–Crippen LogP) is 5.67. The Morgan fingerprint density at radius 3 is 2.35 bits per heavy atom. The van der Waals surface area contributed by atoms with Crippen LogP contribution in [-0.4, -0.2) is 47.6 Å². The molecule has 1 aliphatic heterocycles. The number of rotatable bonds is 9. The molecule has 1 saturated heterocycles. The molecule has 0 radical (unpaired) electrons. The molecule has 14 heteroatoms. The highest BCUT2D eigenvalue weighted by Crippen LogP contribution is 2.37. The van der Waals surface area contributed by atoms with Crippen molar-refractivity contribution in [3.8, 4) is 34.4 Å². The number of halogens is 2. The molecular weight excluding hydrogens is 630 g/mol. The normalized spacial score (nSPS) is 13.2. The van der Waals surface area contributed by atoms with Crippen molar-refractivity contribution in [3.05, 3.63) is 106 Å². The van der Waals surface area contributed by atoms with E-state index in [9.17, 15) is 18.8 Å². The molecule has 0 atom stereocenters. The van der Waals surface area contributed by atoms with E-state index < -0.39 is 34.7 Å². The first kappa shape index (κ1) is 32.2. The Morgan fingerprint density at radius 1 is 0.917 bits per heavy atom. The van der Waals surface area contributed by atoms with Gasteiger partial charge in [0.15, 0.2) is 23.1 Å². The molecule has 3 heterocycles. The number of hydrogen-bond acceptors (Lipinski definition) is 9. The highest BCUT2D eigenvalue weighted by molar-refractivity contribution is 5.88. The molecule has 0 bridgehead atoms. The van der Waals surface area contributed by atoms with Crippen molar-refractivity contribution < 1.29 is 37.3 Å². The summed E-state index contributed by atoms with van der Waals surface area (Å²) < 4.78 is 58.2. The monoisotopic (exact) mass is 660 g/mol. The van der Waals surface area contributed by atoms with Gasteiger partial charge in [-0.25, -0.2) is 22.9 Å². The first-order valence-electron chi connectivity index (χ1n) is 14.9. The van der Waals surface area contributed by atoms with Crippen LogP contribution < -0.4 is 35.5 Å². The number of nitrogens with zero attached hydrogens (tertiary/aromatic N) is 3. The highest BCUT2D eigenvalue weighted by Gasteiger charge is 2.21. The van der Waals surface area contributed by atoms with Crippen molar-refractivity contribution in [2.75, 3.05) is 32.8 Å². The van der Waals surface area contributed by atoms with Crippen LogP contribution in [-0.2, 0) is 11.3 Å². The first-order chi connectivity index (χ1) is 23.2. The largest absolute Gasteiger partial charge is 0.493 e. The molecule has 6 rings (SSSR count). The van der Waals surface area contributed by atoms with Gasteiger partial charge in [0.2, 0.25) is 5.75 Å². The lowest BCUT2D eigenvalue weighted by molar-refractivity contribution is 0.0607. The number of nitrogens with one attached hydrogen (secondary N) is 1. The summed E-state index contributed by atoms with van der Waals surface area (Å²) in [5.74, 6) is -0.675. The molecule has 1 fully saturated rings. The third-order valence-corrected chi connectivity index (χ3v) is 7.81. The van der Waals surface area contributed by atoms with Gasteiger partial charge in [0, 0.05) is 49.2 Å². The summed E-state index contributed by atoms with van der Waals surface area (Å²) in [6.07, 6.45) is 2.96. The van der Waals surface area contributed by atoms with Gasteiger partial charge in [-0.2, -0.15) is 0 Å². The van der Waals surface area contributed by atoms with Crippen molar-refractivity contribution in [3.63, 3.8) is 0 Å². The topological polar surface area (TPSA) is 132 Å². The third-order valence-electron chi connectivity index (χ3n) is 7.81. The number of hydrogen-bond donors (Lipinski definition) is 1. The van der Waals surface area contributed by atoms with Gasteiger partial charge >= 0.3 is 17.3 Å². The van der Waals surface area contributed by atoms with Gasteiger partial charge in [-0.3, -0.25) is 19.7 Å². The molecule has 248 valence electrons. The Morgan fingerprint density at radius 2 is 1.65 bits per heavy atom. The number of pyridine rings is 1. The standard InChI is InChI=1S/C34H30F2N4O8/c1-44-29-16-24-26(17-30(29)45-2)37-12-9-27(24)47-28-8-5-22(15-25(28)36)38-33(42)48-31-19-39(18-20-10-13-46-14-11-20)34(43)40(32(31)41)23-6-3-21(35)4-7-23/h3-9,12,15-17,19-20H,10-11,13-14,18H2,1-2H3,(H,38,42). The minimum Gasteiger partial charge on any atom is -0.493 e. The minimum atomic E-state index is -1.11. The second kappa shape index (κ2) is 13.9. The average Bonchev–Trinajstić information content (AvgIpc) is 3.09. The molecule has 0 saturated carbocycles. The van der Waals surface area contributed by atoms with E-state index in [1.807, 2.05) is 0 Å². The molecule has 1 amide bonds. The molecule has 48 heavy (non-hydrogen) atoms. The van der Waals surface area contributed by atoms with E-state index in [4.69, 9.17) is 23.7 Å². The van der Waals surface area contributed by atoms with E-state index in [0.717, 1.165) is 22.8 Å². The second-order valence-corrected chi connectivity index (χ2v) is 10.9. The molecule has 0 spiro atoms. The Balaban J connectivity index is 1.23. The Kier molecular flexibility index (Phi) is 9.34. The third kappa shape index (κ3) is 6.83. The maximum atomic E-state index is 15.2. The molecule has 1 aliphatic rings. The summed E-state index contributed by atoms with van der Waals surface area (Å²) in [7, 11) is 2.99. The highest BCUT2D eigenvalue weighted by atomic mass is 19.1. The summed E-state index contributed by atoms with van der Waals surface area (Å²) in [4.78, 5) is 44.0. The quantitative estimate of drug-likeness (QED) is 0.212. The zero-order chi connectivity index (χ0) is 33.8. The molecule has 2 aromatic heterocycles. The molecular formula is C34H30F2N4O8. The van der Waals surface area contributed by atoms with Crippen LogP contribution in [0.25, 0.3) is 16.6 Å². The maximum Gasteiger partial charge on any atom is 0.417 e. The van der Waals surface area contributed by atoms with Crippen molar-refractivity contribution in [2.45, 2.75) is 19.4 Å². The summed E-state index contributed by atoms with van der Waals surface area (Å²) in [6, 6.07) is 13.4. The van der Waals surface area contributed by atoms with Gasteiger partial charge in [-0.15, -0.1) is 0 Å². The van der Waals surface area contributed by atoms with E-state index in [2.05, 4.69) is 10.3 Å². The average molecular weight is 661 g/mol. The molecule has 0 aliphatic carbocycles. The number of methoxy groups -OCH3 is 2.